The van der Waals surface area contributed by atoms with Gasteiger partial charge in [-0.2, -0.15) is 0 Å². The van der Waals surface area contributed by atoms with Gasteiger partial charge in [0.25, 0.3) is 5.91 Å². The van der Waals surface area contributed by atoms with Crippen LogP contribution in [0.2, 0.25) is 0 Å². The average Bonchev–Trinajstić information content (AvgIpc) is 2.65. The molecule has 0 radical (unpaired) electrons. The number of hydrogen-bond acceptors (Lipinski definition) is 6. The maximum Gasteiger partial charge on any atom is 0.339 e. The minimum Gasteiger partial charge on any atom is -0.465 e. The van der Waals surface area contributed by atoms with Crippen molar-refractivity contribution < 1.29 is 19.1 Å². The van der Waals surface area contributed by atoms with Gasteiger partial charge in [0, 0.05) is 32.0 Å². The second-order valence-electron chi connectivity index (χ2n) is 5.19. The van der Waals surface area contributed by atoms with Gasteiger partial charge in [-0.05, 0) is 30.7 Å². The number of nitrogens with one attached hydrogen (secondary N) is 2. The van der Waals surface area contributed by atoms with E-state index in [1.54, 1.807) is 43.5 Å². The fraction of sp³-hybridized carbons (Fsp3) is 0.278. The molecule has 0 saturated heterocycles. The summed E-state index contributed by atoms with van der Waals surface area (Å²) >= 11 is 0. The first kappa shape index (κ1) is 18.4. The van der Waals surface area contributed by atoms with E-state index in [2.05, 4.69) is 15.6 Å². The predicted molar refractivity (Wildman–Crippen MR) is 94.1 cm³/mol. The van der Waals surface area contributed by atoms with E-state index in [4.69, 9.17) is 9.47 Å². The number of para-hydroxylation sites is 1. The van der Waals surface area contributed by atoms with Crippen LogP contribution < -0.4 is 10.6 Å². The van der Waals surface area contributed by atoms with Crippen LogP contribution >= 0.6 is 0 Å². The van der Waals surface area contributed by atoms with Gasteiger partial charge in [-0.3, -0.25) is 4.79 Å². The van der Waals surface area contributed by atoms with Crippen molar-refractivity contribution >= 4 is 23.4 Å². The second kappa shape index (κ2) is 9.39. The highest BCUT2D eigenvalue weighted by Gasteiger charge is 2.12. The molecule has 0 aliphatic heterocycles. The van der Waals surface area contributed by atoms with Crippen molar-refractivity contribution in [2.75, 3.05) is 32.7 Å². The summed E-state index contributed by atoms with van der Waals surface area (Å²) in [6, 6.07) is 10.2. The minimum absolute atomic E-state index is 0.192. The number of rotatable bonds is 8. The number of nitrogens with zero attached hydrogens (tertiary/aromatic N) is 1. The van der Waals surface area contributed by atoms with Gasteiger partial charge in [0.2, 0.25) is 0 Å². The summed E-state index contributed by atoms with van der Waals surface area (Å²) in [5.41, 5.74) is 1.42. The number of amides is 1. The highest BCUT2D eigenvalue weighted by molar-refractivity contribution is 5.97. The van der Waals surface area contributed by atoms with Crippen molar-refractivity contribution in [2.24, 2.45) is 0 Å². The Bertz CT molecular complexity index is 734. The summed E-state index contributed by atoms with van der Waals surface area (Å²) < 4.78 is 9.71. The Balaban J connectivity index is 2.09. The van der Waals surface area contributed by atoms with Crippen molar-refractivity contribution in [3.63, 3.8) is 0 Å². The van der Waals surface area contributed by atoms with Crippen LogP contribution in [-0.2, 0) is 9.47 Å². The molecule has 7 nitrogen and oxygen atoms in total. The van der Waals surface area contributed by atoms with E-state index in [1.807, 2.05) is 0 Å². The van der Waals surface area contributed by atoms with Crippen molar-refractivity contribution in [3.05, 3.63) is 53.7 Å². The number of carbonyl (C=O) groups excluding carboxylic acids is 2. The molecule has 132 valence electrons. The smallest absolute Gasteiger partial charge is 0.339 e. The third kappa shape index (κ3) is 5.29. The van der Waals surface area contributed by atoms with E-state index in [-0.39, 0.29) is 5.91 Å². The Morgan fingerprint density at radius 1 is 1.16 bits per heavy atom. The number of methoxy groups -OCH3 is 2. The van der Waals surface area contributed by atoms with E-state index in [1.165, 1.54) is 13.3 Å². The van der Waals surface area contributed by atoms with Crippen molar-refractivity contribution in [1.82, 2.24) is 10.3 Å². The number of esters is 1. The lowest BCUT2D eigenvalue weighted by molar-refractivity contribution is 0.0601. The quantitative estimate of drug-likeness (QED) is 0.565. The maximum atomic E-state index is 12.2. The number of aromatic nitrogens is 1. The monoisotopic (exact) mass is 343 g/mol. The Hall–Kier alpha value is -2.93. The van der Waals surface area contributed by atoms with Gasteiger partial charge in [-0.25, -0.2) is 9.78 Å². The summed E-state index contributed by atoms with van der Waals surface area (Å²) in [6.07, 6.45) is 2.28. The molecule has 0 aliphatic rings. The maximum absolute atomic E-state index is 12.2. The minimum atomic E-state index is -0.449. The zero-order valence-electron chi connectivity index (χ0n) is 14.2. The first-order chi connectivity index (χ1) is 12.2. The fourth-order valence-corrected chi connectivity index (χ4v) is 2.18. The summed E-state index contributed by atoms with van der Waals surface area (Å²) in [5, 5.41) is 5.86. The van der Waals surface area contributed by atoms with Crippen molar-refractivity contribution in [1.29, 1.82) is 0 Å². The Labute approximate surface area is 146 Å². The van der Waals surface area contributed by atoms with Crippen LogP contribution in [-0.4, -0.2) is 44.2 Å². The molecule has 7 heteroatoms. The molecule has 2 aromatic rings. The molecule has 0 atom stereocenters. The lowest BCUT2D eigenvalue weighted by atomic mass is 10.1. The second-order valence-corrected chi connectivity index (χ2v) is 5.19. The molecule has 0 fully saturated rings. The van der Waals surface area contributed by atoms with Crippen molar-refractivity contribution in [2.45, 2.75) is 6.42 Å². The molecule has 1 heterocycles. The topological polar surface area (TPSA) is 89.5 Å². The molecule has 1 amide bonds. The highest BCUT2D eigenvalue weighted by Crippen LogP contribution is 2.20. The molecule has 0 unspecified atom stereocenters. The molecular formula is C18H21N3O4. The van der Waals surface area contributed by atoms with Crippen LogP contribution in [0.5, 0.6) is 0 Å². The standard InChI is InChI=1S/C18H21N3O4/c1-24-11-5-9-20-17(22)13-8-10-19-16(12-13)21-15-7-4-3-6-14(15)18(23)25-2/h3-4,6-8,10,12H,5,9,11H2,1-2H3,(H,19,21)(H,20,22). The summed E-state index contributed by atoms with van der Waals surface area (Å²) in [6.45, 7) is 1.12. The summed E-state index contributed by atoms with van der Waals surface area (Å²) in [4.78, 5) is 28.2. The van der Waals surface area contributed by atoms with Crippen LogP contribution in [0.25, 0.3) is 0 Å². The zero-order valence-corrected chi connectivity index (χ0v) is 14.2. The van der Waals surface area contributed by atoms with E-state index in [0.717, 1.165) is 6.42 Å². The van der Waals surface area contributed by atoms with Gasteiger partial charge in [-0.15, -0.1) is 0 Å². The van der Waals surface area contributed by atoms with E-state index < -0.39 is 5.97 Å². The van der Waals surface area contributed by atoms with Crippen LogP contribution in [0.1, 0.15) is 27.1 Å². The van der Waals surface area contributed by atoms with E-state index in [0.29, 0.717) is 35.8 Å². The Morgan fingerprint density at radius 2 is 1.96 bits per heavy atom. The third-order valence-electron chi connectivity index (χ3n) is 3.43. The first-order valence-electron chi connectivity index (χ1n) is 7.83. The fourth-order valence-electron chi connectivity index (χ4n) is 2.18. The van der Waals surface area contributed by atoms with Crippen molar-refractivity contribution in [3.8, 4) is 0 Å². The highest BCUT2D eigenvalue weighted by atomic mass is 16.5. The molecule has 0 bridgehead atoms. The molecule has 2 N–H and O–H groups in total. The molecule has 0 spiro atoms. The zero-order chi connectivity index (χ0) is 18.1. The van der Waals surface area contributed by atoms with Gasteiger partial charge in [0.1, 0.15) is 5.82 Å². The lowest BCUT2D eigenvalue weighted by Crippen LogP contribution is -2.25. The molecule has 0 aliphatic carbocycles. The lowest BCUT2D eigenvalue weighted by Gasteiger charge is -2.11. The van der Waals surface area contributed by atoms with Crippen LogP contribution in [0.3, 0.4) is 0 Å². The molecule has 0 saturated carbocycles. The van der Waals surface area contributed by atoms with Crippen LogP contribution in [0.4, 0.5) is 11.5 Å². The summed E-state index contributed by atoms with van der Waals surface area (Å²) in [5.74, 6) is -0.182. The molecule has 25 heavy (non-hydrogen) atoms. The molecule has 1 aromatic heterocycles. The van der Waals surface area contributed by atoms with E-state index >= 15 is 0 Å². The molecular weight excluding hydrogens is 322 g/mol. The average molecular weight is 343 g/mol. The molecule has 1 aromatic carbocycles. The Morgan fingerprint density at radius 3 is 2.72 bits per heavy atom. The van der Waals surface area contributed by atoms with Gasteiger partial charge < -0.3 is 20.1 Å². The van der Waals surface area contributed by atoms with Crippen LogP contribution in [0, 0.1) is 0 Å². The number of carbonyl (C=O) groups is 2. The van der Waals surface area contributed by atoms with E-state index in [9.17, 15) is 9.59 Å². The first-order valence-corrected chi connectivity index (χ1v) is 7.83. The number of hydrogen-bond donors (Lipinski definition) is 2. The summed E-state index contributed by atoms with van der Waals surface area (Å²) in [7, 11) is 2.95. The van der Waals surface area contributed by atoms with Crippen LogP contribution in [0.15, 0.2) is 42.6 Å². The number of benzene rings is 1. The third-order valence-corrected chi connectivity index (χ3v) is 3.43. The van der Waals surface area contributed by atoms with Gasteiger partial charge in [-0.1, -0.05) is 12.1 Å². The number of pyridine rings is 1. The normalized spacial score (nSPS) is 10.2. The van der Waals surface area contributed by atoms with Gasteiger partial charge >= 0.3 is 5.97 Å². The molecule has 2 rings (SSSR count). The Kier molecular flexibility index (Phi) is 6.91. The number of ether oxygens (including phenoxy) is 2. The predicted octanol–water partition coefficient (Wildman–Crippen LogP) is 2.38. The number of anilines is 2. The SMILES string of the molecule is COCCCNC(=O)c1ccnc(Nc2ccccc2C(=O)OC)c1. The largest absolute Gasteiger partial charge is 0.465 e. The van der Waals surface area contributed by atoms with Gasteiger partial charge in [0.05, 0.1) is 18.4 Å². The van der Waals surface area contributed by atoms with Gasteiger partial charge in [0.15, 0.2) is 0 Å².